The number of hydrogen-bond donors (Lipinski definition) is 0. The standard InChI is InChI=1S/C19H15FN2OS2/c1-2-10-22-16-9-8-15(20)11-17(16)25-19(22)21-18(23)13-24-12-14-6-4-3-5-7-14/h1,3-9,11H,10,12-13H2. The largest absolute Gasteiger partial charge is 0.305 e. The number of benzene rings is 2. The summed E-state index contributed by atoms with van der Waals surface area (Å²) < 4.78 is 15.9. The maximum absolute atomic E-state index is 13.4. The Hall–Kier alpha value is -2.36. The molecule has 0 aliphatic rings. The van der Waals surface area contributed by atoms with Crippen molar-refractivity contribution in [2.24, 2.45) is 4.99 Å². The predicted molar refractivity (Wildman–Crippen MR) is 102 cm³/mol. The zero-order valence-corrected chi connectivity index (χ0v) is 14.9. The van der Waals surface area contributed by atoms with Crippen molar-refractivity contribution >= 4 is 39.2 Å². The van der Waals surface area contributed by atoms with E-state index in [2.05, 4.69) is 10.9 Å². The normalized spacial score (nSPS) is 11.6. The maximum Gasteiger partial charge on any atom is 0.258 e. The number of fused-ring (bicyclic) bond motifs is 1. The van der Waals surface area contributed by atoms with Crippen LogP contribution in [0.3, 0.4) is 0 Å². The van der Waals surface area contributed by atoms with Gasteiger partial charge in [0.15, 0.2) is 4.80 Å². The van der Waals surface area contributed by atoms with E-state index < -0.39 is 0 Å². The van der Waals surface area contributed by atoms with Gasteiger partial charge in [0.05, 0.1) is 22.5 Å². The fraction of sp³-hybridized carbons (Fsp3) is 0.158. The molecule has 0 fully saturated rings. The van der Waals surface area contributed by atoms with Crippen molar-refractivity contribution in [2.45, 2.75) is 12.3 Å². The summed E-state index contributed by atoms with van der Waals surface area (Å²) in [6.07, 6.45) is 5.41. The Morgan fingerprint density at radius 1 is 1.28 bits per heavy atom. The van der Waals surface area contributed by atoms with Crippen molar-refractivity contribution < 1.29 is 9.18 Å². The number of rotatable bonds is 5. The van der Waals surface area contributed by atoms with Gasteiger partial charge in [-0.1, -0.05) is 47.6 Å². The van der Waals surface area contributed by atoms with Crippen molar-refractivity contribution in [3.8, 4) is 12.3 Å². The van der Waals surface area contributed by atoms with Crippen molar-refractivity contribution in [1.82, 2.24) is 4.57 Å². The van der Waals surface area contributed by atoms with Gasteiger partial charge in [0.2, 0.25) is 0 Å². The van der Waals surface area contributed by atoms with Gasteiger partial charge in [0.1, 0.15) is 5.82 Å². The second-order valence-corrected chi connectivity index (χ2v) is 7.27. The van der Waals surface area contributed by atoms with Crippen LogP contribution in [0.1, 0.15) is 5.56 Å². The number of halogens is 1. The Morgan fingerprint density at radius 3 is 2.84 bits per heavy atom. The van der Waals surface area contributed by atoms with Crippen LogP contribution in [0.4, 0.5) is 4.39 Å². The van der Waals surface area contributed by atoms with Crippen LogP contribution in [0.15, 0.2) is 53.5 Å². The van der Waals surface area contributed by atoms with Crippen LogP contribution >= 0.6 is 23.1 Å². The molecule has 0 aliphatic carbocycles. The molecular weight excluding hydrogens is 355 g/mol. The van der Waals surface area contributed by atoms with Crippen molar-refractivity contribution in [3.63, 3.8) is 0 Å². The molecule has 1 aromatic heterocycles. The molecule has 3 aromatic rings. The number of carbonyl (C=O) groups is 1. The quantitative estimate of drug-likeness (QED) is 0.640. The van der Waals surface area contributed by atoms with E-state index in [0.717, 1.165) is 16.0 Å². The molecule has 3 rings (SSSR count). The first-order valence-corrected chi connectivity index (χ1v) is 9.56. The van der Waals surface area contributed by atoms with Gasteiger partial charge in [-0.25, -0.2) is 4.39 Å². The fourth-order valence-electron chi connectivity index (χ4n) is 2.35. The smallest absolute Gasteiger partial charge is 0.258 e. The van der Waals surface area contributed by atoms with E-state index in [1.807, 2.05) is 30.3 Å². The summed E-state index contributed by atoms with van der Waals surface area (Å²) in [5.41, 5.74) is 1.95. The number of nitrogens with zero attached hydrogens (tertiary/aromatic N) is 2. The second kappa shape index (κ2) is 8.15. The van der Waals surface area contributed by atoms with Crippen LogP contribution in [0.5, 0.6) is 0 Å². The number of thioether (sulfide) groups is 1. The highest BCUT2D eigenvalue weighted by Gasteiger charge is 2.08. The molecule has 0 atom stereocenters. The van der Waals surface area contributed by atoms with Crippen LogP contribution in [0, 0.1) is 18.2 Å². The van der Waals surface area contributed by atoms with Gasteiger partial charge in [-0.2, -0.15) is 4.99 Å². The zero-order chi connectivity index (χ0) is 17.6. The highest BCUT2D eigenvalue weighted by molar-refractivity contribution is 7.99. The third-order valence-electron chi connectivity index (χ3n) is 3.45. The van der Waals surface area contributed by atoms with Gasteiger partial charge in [-0.05, 0) is 23.8 Å². The van der Waals surface area contributed by atoms with Gasteiger partial charge in [0, 0.05) is 5.75 Å². The molecule has 25 heavy (non-hydrogen) atoms. The molecule has 1 heterocycles. The predicted octanol–water partition coefficient (Wildman–Crippen LogP) is 3.84. The average Bonchev–Trinajstić information content (AvgIpc) is 2.92. The molecule has 0 spiro atoms. The highest BCUT2D eigenvalue weighted by Crippen LogP contribution is 2.18. The summed E-state index contributed by atoms with van der Waals surface area (Å²) in [4.78, 5) is 16.9. The third-order valence-corrected chi connectivity index (χ3v) is 5.48. The summed E-state index contributed by atoms with van der Waals surface area (Å²) >= 11 is 2.78. The van der Waals surface area contributed by atoms with E-state index in [9.17, 15) is 9.18 Å². The summed E-state index contributed by atoms with van der Waals surface area (Å²) in [7, 11) is 0. The molecule has 0 unspecified atom stereocenters. The summed E-state index contributed by atoms with van der Waals surface area (Å²) in [5.74, 6) is 3.05. The lowest BCUT2D eigenvalue weighted by Crippen LogP contribution is -2.17. The van der Waals surface area contributed by atoms with Crippen molar-refractivity contribution in [1.29, 1.82) is 0 Å². The first-order chi connectivity index (χ1) is 12.2. The SMILES string of the molecule is C#CCn1c(=NC(=O)CSCc2ccccc2)sc2cc(F)ccc21. The summed E-state index contributed by atoms with van der Waals surface area (Å²) in [6, 6.07) is 14.4. The third kappa shape index (κ3) is 4.38. The second-order valence-electron chi connectivity index (χ2n) is 5.27. The number of carbonyl (C=O) groups excluding carboxylic acids is 1. The molecule has 0 aliphatic heterocycles. The van der Waals surface area contributed by atoms with Crippen LogP contribution < -0.4 is 4.80 Å². The van der Waals surface area contributed by atoms with E-state index in [0.29, 0.717) is 4.80 Å². The first kappa shape index (κ1) is 17.5. The van der Waals surface area contributed by atoms with E-state index in [1.165, 1.54) is 40.8 Å². The van der Waals surface area contributed by atoms with Crippen molar-refractivity contribution in [3.05, 3.63) is 64.7 Å². The summed E-state index contributed by atoms with van der Waals surface area (Å²) in [5, 5.41) is 0. The molecule has 0 N–H and O–H groups in total. The molecular formula is C19H15FN2OS2. The zero-order valence-electron chi connectivity index (χ0n) is 13.3. The maximum atomic E-state index is 13.4. The number of amides is 1. The van der Waals surface area contributed by atoms with E-state index in [4.69, 9.17) is 6.42 Å². The van der Waals surface area contributed by atoms with E-state index in [1.54, 1.807) is 10.6 Å². The summed E-state index contributed by atoms with van der Waals surface area (Å²) in [6.45, 7) is 0.287. The van der Waals surface area contributed by atoms with Crippen molar-refractivity contribution in [2.75, 3.05) is 5.75 Å². The molecule has 0 saturated carbocycles. The molecule has 2 aromatic carbocycles. The Kier molecular flexibility index (Phi) is 5.69. The first-order valence-electron chi connectivity index (χ1n) is 7.59. The molecule has 0 radical (unpaired) electrons. The Bertz CT molecular complexity index is 1000. The molecule has 0 saturated heterocycles. The Balaban J connectivity index is 1.78. The molecule has 0 bridgehead atoms. The minimum Gasteiger partial charge on any atom is -0.305 e. The van der Waals surface area contributed by atoms with E-state index >= 15 is 0 Å². The number of hydrogen-bond acceptors (Lipinski definition) is 3. The molecule has 3 nitrogen and oxygen atoms in total. The van der Waals surface area contributed by atoms with Gasteiger partial charge in [-0.15, -0.1) is 18.2 Å². The molecule has 126 valence electrons. The lowest BCUT2D eigenvalue weighted by atomic mass is 10.2. The van der Waals surface area contributed by atoms with Gasteiger partial charge in [-0.3, -0.25) is 4.79 Å². The lowest BCUT2D eigenvalue weighted by molar-refractivity contribution is -0.115. The lowest BCUT2D eigenvalue weighted by Gasteiger charge is -2.00. The Labute approximate surface area is 153 Å². The Morgan fingerprint density at radius 2 is 2.08 bits per heavy atom. The molecule has 1 amide bonds. The average molecular weight is 370 g/mol. The van der Waals surface area contributed by atoms with Crippen LogP contribution in [0.25, 0.3) is 10.2 Å². The number of terminal acetylenes is 1. The van der Waals surface area contributed by atoms with Crippen LogP contribution in [0.2, 0.25) is 0 Å². The van der Waals surface area contributed by atoms with Gasteiger partial charge in [0.25, 0.3) is 5.91 Å². The van der Waals surface area contributed by atoms with E-state index in [-0.39, 0.29) is 24.0 Å². The monoisotopic (exact) mass is 370 g/mol. The van der Waals surface area contributed by atoms with Crippen LogP contribution in [-0.4, -0.2) is 16.2 Å². The van der Waals surface area contributed by atoms with Gasteiger partial charge < -0.3 is 4.57 Å². The van der Waals surface area contributed by atoms with Gasteiger partial charge >= 0.3 is 0 Å². The van der Waals surface area contributed by atoms with Crippen LogP contribution in [-0.2, 0) is 17.1 Å². The number of thiazole rings is 1. The minimum atomic E-state index is -0.321. The molecule has 6 heteroatoms. The minimum absolute atomic E-state index is 0.223. The fourth-order valence-corrected chi connectivity index (χ4v) is 4.19. The number of aromatic nitrogens is 1. The highest BCUT2D eigenvalue weighted by atomic mass is 32.2. The topological polar surface area (TPSA) is 34.4 Å².